The molecule has 0 aromatic carbocycles. The van der Waals surface area contributed by atoms with Crippen LogP contribution in [0.4, 0.5) is 0 Å². The molecule has 0 aliphatic rings. The van der Waals surface area contributed by atoms with Crippen molar-refractivity contribution in [2.24, 2.45) is 5.73 Å². The Morgan fingerprint density at radius 1 is 1.67 bits per heavy atom. The molecule has 0 bridgehead atoms. The first-order valence-corrected chi connectivity index (χ1v) is 4.52. The summed E-state index contributed by atoms with van der Waals surface area (Å²) in [5.74, 6) is -0.230. The maximum Gasteiger partial charge on any atom is 0.325 e. The highest BCUT2D eigenvalue weighted by Gasteiger charge is 2.17. The van der Waals surface area contributed by atoms with E-state index in [2.05, 4.69) is 4.98 Å². The molecule has 0 radical (unpaired) electrons. The molecule has 0 spiro atoms. The summed E-state index contributed by atoms with van der Waals surface area (Å²) in [6.07, 6.45) is 3.46. The van der Waals surface area contributed by atoms with Crippen molar-refractivity contribution in [2.45, 2.75) is 13.0 Å². The van der Waals surface area contributed by atoms with Crippen molar-refractivity contribution in [2.75, 3.05) is 0 Å². The van der Waals surface area contributed by atoms with Gasteiger partial charge in [0.05, 0.1) is 11.7 Å². The number of hydrogen-bond donors (Lipinski definition) is 2. The van der Waals surface area contributed by atoms with Crippen molar-refractivity contribution in [3.63, 3.8) is 0 Å². The molecule has 2 heterocycles. The fourth-order valence-corrected chi connectivity index (χ4v) is 1.57. The van der Waals surface area contributed by atoms with Gasteiger partial charge < -0.3 is 15.2 Å². The monoisotopic (exact) mass is 205 g/mol. The molecule has 2 aromatic heterocycles. The van der Waals surface area contributed by atoms with Gasteiger partial charge in [0, 0.05) is 11.8 Å². The highest BCUT2D eigenvalue weighted by molar-refractivity contribution is 5.78. The summed E-state index contributed by atoms with van der Waals surface area (Å²) in [5, 5.41) is 8.85. The van der Waals surface area contributed by atoms with E-state index in [0.29, 0.717) is 5.56 Å². The molecular weight excluding hydrogens is 194 g/mol. The molecule has 0 fully saturated rings. The van der Waals surface area contributed by atoms with E-state index < -0.39 is 12.0 Å². The van der Waals surface area contributed by atoms with Crippen LogP contribution >= 0.6 is 0 Å². The van der Waals surface area contributed by atoms with E-state index >= 15 is 0 Å². The average Bonchev–Trinajstić information content (AvgIpc) is 2.59. The van der Waals surface area contributed by atoms with Crippen LogP contribution in [-0.2, 0) is 4.79 Å². The molecule has 5 heteroatoms. The zero-order valence-corrected chi connectivity index (χ0v) is 8.21. The minimum Gasteiger partial charge on any atom is -0.480 e. The molecule has 2 rings (SSSR count). The van der Waals surface area contributed by atoms with Gasteiger partial charge in [0.25, 0.3) is 0 Å². The van der Waals surface area contributed by atoms with Gasteiger partial charge in [0.2, 0.25) is 0 Å². The van der Waals surface area contributed by atoms with E-state index in [1.165, 1.54) is 0 Å². The summed E-state index contributed by atoms with van der Waals surface area (Å²) < 4.78 is 1.82. The average molecular weight is 205 g/mol. The second-order valence-corrected chi connectivity index (χ2v) is 3.34. The van der Waals surface area contributed by atoms with E-state index in [9.17, 15) is 4.79 Å². The molecule has 3 N–H and O–H groups in total. The lowest BCUT2D eigenvalue weighted by Gasteiger charge is -2.08. The van der Waals surface area contributed by atoms with E-state index in [0.717, 1.165) is 11.3 Å². The van der Waals surface area contributed by atoms with Crippen LogP contribution in [0.2, 0.25) is 0 Å². The number of aliphatic carboxylic acids is 1. The Labute approximate surface area is 86.2 Å². The highest BCUT2D eigenvalue weighted by atomic mass is 16.4. The number of nitrogens with zero attached hydrogens (tertiary/aromatic N) is 2. The van der Waals surface area contributed by atoms with Crippen molar-refractivity contribution < 1.29 is 9.90 Å². The zero-order chi connectivity index (χ0) is 11.0. The van der Waals surface area contributed by atoms with Crippen molar-refractivity contribution in [3.05, 3.63) is 35.9 Å². The molecule has 0 aliphatic carbocycles. The lowest BCUT2D eigenvalue weighted by molar-refractivity contribution is -0.138. The fourth-order valence-electron chi connectivity index (χ4n) is 1.57. The number of aryl methyl sites for hydroxylation is 1. The first kappa shape index (κ1) is 9.67. The Kier molecular flexibility index (Phi) is 2.17. The molecule has 2 aromatic rings. The van der Waals surface area contributed by atoms with Crippen LogP contribution in [0.15, 0.2) is 24.5 Å². The normalized spacial score (nSPS) is 12.9. The van der Waals surface area contributed by atoms with E-state index in [1.807, 2.05) is 17.5 Å². The number of pyridine rings is 1. The Hall–Kier alpha value is -1.88. The van der Waals surface area contributed by atoms with Gasteiger partial charge in [-0.25, -0.2) is 4.98 Å². The number of carboxylic acid groups (broad SMARTS) is 1. The summed E-state index contributed by atoms with van der Waals surface area (Å²) in [7, 11) is 0. The van der Waals surface area contributed by atoms with E-state index in [-0.39, 0.29) is 0 Å². The molecule has 5 nitrogen and oxygen atoms in total. The van der Waals surface area contributed by atoms with Gasteiger partial charge in [-0.1, -0.05) is 6.07 Å². The molecule has 0 amide bonds. The molecule has 1 atom stereocenters. The SMILES string of the molecule is Cc1ncc2c(C(N)C(=O)O)cccn12. The van der Waals surface area contributed by atoms with Crippen LogP contribution in [-0.4, -0.2) is 20.5 Å². The standard InChI is InChI=1S/C10H11N3O2/c1-6-12-5-8-7(9(11)10(14)15)3-2-4-13(6)8/h2-5,9H,11H2,1H3,(H,14,15). The molecular formula is C10H11N3O2. The minimum atomic E-state index is -1.04. The largest absolute Gasteiger partial charge is 0.480 e. The van der Waals surface area contributed by atoms with Gasteiger partial charge in [-0.2, -0.15) is 0 Å². The van der Waals surface area contributed by atoms with Gasteiger partial charge in [0.1, 0.15) is 11.9 Å². The highest BCUT2D eigenvalue weighted by Crippen LogP contribution is 2.18. The fraction of sp³-hybridized carbons (Fsp3) is 0.200. The maximum atomic E-state index is 10.8. The summed E-state index contributed by atoms with van der Waals surface area (Å²) in [5.41, 5.74) is 6.89. The predicted octanol–water partition coefficient (Wildman–Crippen LogP) is 0.727. The van der Waals surface area contributed by atoms with Crippen LogP contribution < -0.4 is 5.73 Å². The summed E-state index contributed by atoms with van der Waals surface area (Å²) in [6.45, 7) is 1.85. The Balaban J connectivity index is 2.66. The van der Waals surface area contributed by atoms with Gasteiger partial charge in [-0.3, -0.25) is 4.79 Å². The van der Waals surface area contributed by atoms with Crippen LogP contribution in [0.25, 0.3) is 5.52 Å². The van der Waals surface area contributed by atoms with Gasteiger partial charge in [-0.05, 0) is 13.0 Å². The summed E-state index contributed by atoms with van der Waals surface area (Å²) in [6, 6.07) is 2.46. The van der Waals surface area contributed by atoms with Crippen molar-refractivity contribution >= 4 is 11.5 Å². The number of imidazole rings is 1. The first-order valence-electron chi connectivity index (χ1n) is 4.52. The van der Waals surface area contributed by atoms with Gasteiger partial charge in [-0.15, -0.1) is 0 Å². The van der Waals surface area contributed by atoms with Crippen LogP contribution in [0, 0.1) is 6.92 Å². The second-order valence-electron chi connectivity index (χ2n) is 3.34. The quantitative estimate of drug-likeness (QED) is 0.757. The van der Waals surface area contributed by atoms with Gasteiger partial charge in [0.15, 0.2) is 0 Å². The van der Waals surface area contributed by atoms with Crippen molar-refractivity contribution in [1.29, 1.82) is 0 Å². The Morgan fingerprint density at radius 2 is 2.40 bits per heavy atom. The molecule has 78 valence electrons. The van der Waals surface area contributed by atoms with Crippen molar-refractivity contribution in [1.82, 2.24) is 9.38 Å². The third kappa shape index (κ3) is 1.46. The van der Waals surface area contributed by atoms with Crippen LogP contribution in [0.3, 0.4) is 0 Å². The van der Waals surface area contributed by atoms with E-state index in [1.54, 1.807) is 18.3 Å². The number of rotatable bonds is 2. The number of fused-ring (bicyclic) bond motifs is 1. The van der Waals surface area contributed by atoms with Gasteiger partial charge >= 0.3 is 5.97 Å². The first-order chi connectivity index (χ1) is 7.11. The third-order valence-electron chi connectivity index (χ3n) is 2.39. The Morgan fingerprint density at radius 3 is 3.07 bits per heavy atom. The topological polar surface area (TPSA) is 80.6 Å². The predicted molar refractivity (Wildman–Crippen MR) is 54.5 cm³/mol. The smallest absolute Gasteiger partial charge is 0.325 e. The molecule has 0 aliphatic heterocycles. The van der Waals surface area contributed by atoms with E-state index in [4.69, 9.17) is 10.8 Å². The Bertz CT molecular complexity index is 518. The minimum absolute atomic E-state index is 0.575. The number of carbonyl (C=O) groups is 1. The lowest BCUT2D eigenvalue weighted by Crippen LogP contribution is -2.21. The molecule has 0 saturated carbocycles. The lowest BCUT2D eigenvalue weighted by atomic mass is 10.1. The summed E-state index contributed by atoms with van der Waals surface area (Å²) in [4.78, 5) is 14.9. The molecule has 1 unspecified atom stereocenters. The third-order valence-corrected chi connectivity index (χ3v) is 2.39. The molecule has 0 saturated heterocycles. The summed E-state index contributed by atoms with van der Waals surface area (Å²) >= 11 is 0. The number of carboxylic acids is 1. The number of hydrogen-bond acceptors (Lipinski definition) is 3. The second kappa shape index (κ2) is 3.36. The molecule has 15 heavy (non-hydrogen) atoms. The number of aromatic nitrogens is 2. The van der Waals surface area contributed by atoms with Crippen LogP contribution in [0.5, 0.6) is 0 Å². The van der Waals surface area contributed by atoms with Crippen LogP contribution in [0.1, 0.15) is 17.4 Å². The number of nitrogens with two attached hydrogens (primary N) is 1. The van der Waals surface area contributed by atoms with Crippen molar-refractivity contribution in [3.8, 4) is 0 Å². The maximum absolute atomic E-state index is 10.8. The zero-order valence-electron chi connectivity index (χ0n) is 8.21.